The van der Waals surface area contributed by atoms with Gasteiger partial charge in [0, 0.05) is 29.1 Å². The average molecular weight is 361 g/mol. The zero-order chi connectivity index (χ0) is 18.4. The molecule has 0 bridgehead atoms. The maximum absolute atomic E-state index is 6.62. The van der Waals surface area contributed by atoms with Crippen molar-refractivity contribution in [3.63, 3.8) is 0 Å². The number of benzene rings is 2. The van der Waals surface area contributed by atoms with Crippen molar-refractivity contribution in [1.29, 1.82) is 0 Å². The van der Waals surface area contributed by atoms with Crippen LogP contribution in [-0.2, 0) is 6.42 Å². The lowest BCUT2D eigenvalue weighted by atomic mass is 9.96. The fourth-order valence-electron chi connectivity index (χ4n) is 3.55. The highest BCUT2D eigenvalue weighted by molar-refractivity contribution is 5.91. The Hall–Kier alpha value is -3.45. The molecular weight excluding hydrogens is 342 g/mol. The molecule has 0 fully saturated rings. The Morgan fingerprint density at radius 3 is 2.89 bits per heavy atom. The van der Waals surface area contributed by atoms with Gasteiger partial charge in [0.2, 0.25) is 6.79 Å². The molecule has 7 nitrogen and oxygen atoms in total. The Bertz CT molecular complexity index is 1100. The van der Waals surface area contributed by atoms with Gasteiger partial charge in [-0.05, 0) is 42.0 Å². The third kappa shape index (κ3) is 2.88. The minimum absolute atomic E-state index is 0.246. The van der Waals surface area contributed by atoms with Crippen molar-refractivity contribution in [3.05, 3.63) is 65.9 Å². The number of rotatable bonds is 3. The molecule has 3 aromatic rings. The lowest BCUT2D eigenvalue weighted by molar-refractivity contribution is 0.174. The van der Waals surface area contributed by atoms with Crippen LogP contribution in [0.2, 0.25) is 0 Å². The molecule has 1 aromatic heterocycles. The van der Waals surface area contributed by atoms with Crippen LogP contribution >= 0.6 is 0 Å². The number of nitrogens with zero attached hydrogens (tertiary/aromatic N) is 1. The topological polar surface area (TPSA) is 111 Å². The SMILES string of the molecule is NC1=NC(c2ccc3[nH]ccc3c2)=CC(N)(Cc2ccc3c(c2)OCO3)N1. The van der Waals surface area contributed by atoms with E-state index >= 15 is 0 Å². The molecule has 1 atom stereocenters. The number of guanidine groups is 1. The van der Waals surface area contributed by atoms with Gasteiger partial charge in [0.05, 0.1) is 5.70 Å². The summed E-state index contributed by atoms with van der Waals surface area (Å²) in [5, 5.41) is 4.20. The first-order valence-electron chi connectivity index (χ1n) is 8.68. The van der Waals surface area contributed by atoms with Crippen molar-refractivity contribution in [1.82, 2.24) is 10.3 Å². The highest BCUT2D eigenvalue weighted by atomic mass is 16.7. The van der Waals surface area contributed by atoms with Gasteiger partial charge in [-0.15, -0.1) is 0 Å². The van der Waals surface area contributed by atoms with Gasteiger partial charge in [-0.2, -0.15) is 0 Å². The van der Waals surface area contributed by atoms with Gasteiger partial charge in [0.15, 0.2) is 17.5 Å². The fraction of sp³-hybridized carbons (Fsp3) is 0.150. The molecule has 0 saturated carbocycles. The van der Waals surface area contributed by atoms with Gasteiger partial charge in [0.25, 0.3) is 0 Å². The molecule has 136 valence electrons. The fourth-order valence-corrected chi connectivity index (χ4v) is 3.55. The highest BCUT2D eigenvalue weighted by Gasteiger charge is 2.29. The Labute approximate surface area is 155 Å². The van der Waals surface area contributed by atoms with E-state index in [1.54, 1.807) is 0 Å². The van der Waals surface area contributed by atoms with Crippen molar-refractivity contribution < 1.29 is 9.47 Å². The third-order valence-corrected chi connectivity index (χ3v) is 4.78. The number of aromatic amines is 1. The zero-order valence-electron chi connectivity index (χ0n) is 14.5. The van der Waals surface area contributed by atoms with Crippen LogP contribution in [0.15, 0.2) is 59.7 Å². The molecule has 27 heavy (non-hydrogen) atoms. The largest absolute Gasteiger partial charge is 0.454 e. The van der Waals surface area contributed by atoms with Crippen LogP contribution in [0.5, 0.6) is 11.5 Å². The van der Waals surface area contributed by atoms with Crippen molar-refractivity contribution in [3.8, 4) is 11.5 Å². The van der Waals surface area contributed by atoms with Crippen LogP contribution in [0.3, 0.4) is 0 Å². The summed E-state index contributed by atoms with van der Waals surface area (Å²) >= 11 is 0. The van der Waals surface area contributed by atoms with E-state index < -0.39 is 5.66 Å². The summed E-state index contributed by atoms with van der Waals surface area (Å²) in [5.41, 5.74) is 15.6. The lowest BCUT2D eigenvalue weighted by Crippen LogP contribution is -2.59. The van der Waals surface area contributed by atoms with E-state index in [-0.39, 0.29) is 6.79 Å². The molecule has 0 saturated heterocycles. The van der Waals surface area contributed by atoms with Crippen LogP contribution < -0.4 is 26.3 Å². The van der Waals surface area contributed by atoms with Gasteiger partial charge in [-0.3, -0.25) is 0 Å². The van der Waals surface area contributed by atoms with Gasteiger partial charge >= 0.3 is 0 Å². The van der Waals surface area contributed by atoms with E-state index in [1.165, 1.54) is 0 Å². The minimum Gasteiger partial charge on any atom is -0.454 e. The number of aromatic nitrogens is 1. The maximum atomic E-state index is 6.62. The molecule has 0 radical (unpaired) electrons. The quantitative estimate of drug-likeness (QED) is 0.571. The normalized spacial score (nSPS) is 20.9. The number of ether oxygens (including phenoxy) is 2. The summed E-state index contributed by atoms with van der Waals surface area (Å²) in [5.74, 6) is 1.78. The number of aliphatic imine (C=N–C) groups is 1. The van der Waals surface area contributed by atoms with Crippen molar-refractivity contribution in [2.75, 3.05) is 6.79 Å². The van der Waals surface area contributed by atoms with E-state index in [1.807, 2.05) is 48.7 Å². The predicted octanol–water partition coefficient (Wildman–Crippen LogP) is 2.05. The van der Waals surface area contributed by atoms with Gasteiger partial charge in [-0.1, -0.05) is 12.1 Å². The second-order valence-electron chi connectivity index (χ2n) is 6.84. The standard InChI is InChI=1S/C20H19N5O2/c21-19-24-16(13-2-3-15-14(8-13)5-6-23-15)10-20(22,25-19)9-12-1-4-17-18(7-12)27-11-26-17/h1-8,10,23H,9,11,22H2,(H3,21,24,25). The van der Waals surface area contributed by atoms with Gasteiger partial charge in [0.1, 0.15) is 5.66 Å². The van der Waals surface area contributed by atoms with Gasteiger partial charge < -0.3 is 31.2 Å². The number of nitrogens with two attached hydrogens (primary N) is 2. The molecular formula is C20H19N5O2. The van der Waals surface area contributed by atoms with Crippen LogP contribution in [0.25, 0.3) is 16.6 Å². The molecule has 7 heteroatoms. The number of fused-ring (bicyclic) bond motifs is 2. The number of hydrogen-bond acceptors (Lipinski definition) is 6. The van der Waals surface area contributed by atoms with Crippen molar-refractivity contribution >= 4 is 22.6 Å². The molecule has 2 aliphatic heterocycles. The molecule has 2 aromatic carbocycles. The van der Waals surface area contributed by atoms with Crippen LogP contribution in [0.1, 0.15) is 11.1 Å². The highest BCUT2D eigenvalue weighted by Crippen LogP contribution is 2.34. The van der Waals surface area contributed by atoms with E-state index in [0.717, 1.165) is 39.2 Å². The van der Waals surface area contributed by atoms with E-state index in [2.05, 4.69) is 21.4 Å². The van der Waals surface area contributed by atoms with Crippen LogP contribution in [0.4, 0.5) is 0 Å². The van der Waals surface area contributed by atoms with Crippen molar-refractivity contribution in [2.24, 2.45) is 16.5 Å². The molecule has 5 rings (SSSR count). The Kier molecular flexibility index (Phi) is 3.38. The number of nitrogens with one attached hydrogen (secondary N) is 2. The van der Waals surface area contributed by atoms with Gasteiger partial charge in [-0.25, -0.2) is 4.99 Å². The van der Waals surface area contributed by atoms with E-state index in [9.17, 15) is 0 Å². The maximum Gasteiger partial charge on any atom is 0.231 e. The summed E-state index contributed by atoms with van der Waals surface area (Å²) < 4.78 is 10.8. The van der Waals surface area contributed by atoms with Crippen molar-refractivity contribution in [2.45, 2.75) is 12.1 Å². The first-order chi connectivity index (χ1) is 13.1. The average Bonchev–Trinajstić information content (AvgIpc) is 3.28. The molecule has 2 aliphatic rings. The summed E-state index contributed by atoms with van der Waals surface area (Å²) in [6, 6.07) is 13.9. The Balaban J connectivity index is 1.49. The second kappa shape index (κ2) is 5.78. The molecule has 0 amide bonds. The lowest BCUT2D eigenvalue weighted by Gasteiger charge is -2.32. The molecule has 6 N–H and O–H groups in total. The molecule has 0 aliphatic carbocycles. The Morgan fingerprint density at radius 1 is 1.07 bits per heavy atom. The molecule has 3 heterocycles. The summed E-state index contributed by atoms with van der Waals surface area (Å²) in [6.45, 7) is 0.246. The molecule has 1 unspecified atom stereocenters. The predicted molar refractivity (Wildman–Crippen MR) is 104 cm³/mol. The monoisotopic (exact) mass is 361 g/mol. The number of H-pyrrole nitrogens is 1. The smallest absolute Gasteiger partial charge is 0.231 e. The Morgan fingerprint density at radius 2 is 1.96 bits per heavy atom. The minimum atomic E-state index is -0.859. The van der Waals surface area contributed by atoms with Crippen LogP contribution in [0, 0.1) is 0 Å². The second-order valence-corrected chi connectivity index (χ2v) is 6.84. The summed E-state index contributed by atoms with van der Waals surface area (Å²) in [7, 11) is 0. The number of hydrogen-bond donors (Lipinski definition) is 4. The first kappa shape index (κ1) is 15.8. The summed E-state index contributed by atoms with van der Waals surface area (Å²) in [6.07, 6.45) is 4.35. The van der Waals surface area contributed by atoms with Crippen LogP contribution in [-0.4, -0.2) is 23.4 Å². The van der Waals surface area contributed by atoms with E-state index in [4.69, 9.17) is 20.9 Å². The molecule has 0 spiro atoms. The van der Waals surface area contributed by atoms with E-state index in [0.29, 0.717) is 12.4 Å². The summed E-state index contributed by atoms with van der Waals surface area (Å²) in [4.78, 5) is 7.64. The third-order valence-electron chi connectivity index (χ3n) is 4.78. The first-order valence-corrected chi connectivity index (χ1v) is 8.68. The zero-order valence-corrected chi connectivity index (χ0v) is 14.5.